The van der Waals surface area contributed by atoms with Crippen molar-refractivity contribution in [1.29, 1.82) is 0 Å². The number of piperazine rings is 1. The number of nitrogen functional groups attached to an aromatic ring is 1. The molecule has 0 atom stereocenters. The molecule has 7 nitrogen and oxygen atoms in total. The van der Waals surface area contributed by atoms with Crippen LogP contribution in [0.1, 0.15) is 10.4 Å². The predicted molar refractivity (Wildman–Crippen MR) is 105 cm³/mol. The van der Waals surface area contributed by atoms with E-state index in [1.54, 1.807) is 35.2 Å². The lowest BCUT2D eigenvalue weighted by Crippen LogP contribution is -2.49. The molecule has 8 heteroatoms. The number of carbonyl (C=O) groups excluding carboxylic acids is 1. The van der Waals surface area contributed by atoms with Gasteiger partial charge in [0.1, 0.15) is 11.3 Å². The number of ether oxygens (including phenoxy) is 1. The topological polar surface area (TPSA) is 84.8 Å². The van der Waals surface area contributed by atoms with Gasteiger partial charge in [-0.1, -0.05) is 11.6 Å². The Hall–Kier alpha value is -2.93. The number of hydrogen-bond donors (Lipinski definition) is 1. The third-order valence-electron chi connectivity index (χ3n) is 4.63. The van der Waals surface area contributed by atoms with Crippen LogP contribution in [0.15, 0.2) is 40.8 Å². The molecule has 0 saturated carbocycles. The van der Waals surface area contributed by atoms with Crippen molar-refractivity contribution in [2.45, 2.75) is 0 Å². The average molecular weight is 387 g/mol. The van der Waals surface area contributed by atoms with Gasteiger partial charge in [0.05, 0.1) is 12.7 Å². The molecule has 140 valence electrons. The Labute approximate surface area is 161 Å². The Morgan fingerprint density at radius 3 is 2.70 bits per heavy atom. The summed E-state index contributed by atoms with van der Waals surface area (Å²) in [6.45, 7) is 2.35. The molecule has 0 aliphatic carbocycles. The molecule has 2 N–H and O–H groups in total. The van der Waals surface area contributed by atoms with E-state index in [0.29, 0.717) is 59.8 Å². The molecule has 0 bridgehead atoms. The van der Waals surface area contributed by atoms with Gasteiger partial charge in [-0.15, -0.1) is 0 Å². The summed E-state index contributed by atoms with van der Waals surface area (Å²) in [5.74, 6) is 0.419. The van der Waals surface area contributed by atoms with E-state index >= 15 is 0 Å². The van der Waals surface area contributed by atoms with E-state index in [4.69, 9.17) is 26.5 Å². The zero-order valence-electron chi connectivity index (χ0n) is 14.8. The first-order chi connectivity index (χ1) is 13.0. The van der Waals surface area contributed by atoms with Crippen LogP contribution in [-0.2, 0) is 0 Å². The Balaban J connectivity index is 1.48. The summed E-state index contributed by atoms with van der Waals surface area (Å²) < 4.78 is 11.1. The lowest BCUT2D eigenvalue weighted by atomic mass is 10.1. The zero-order valence-corrected chi connectivity index (χ0v) is 15.6. The first-order valence-corrected chi connectivity index (χ1v) is 8.97. The SMILES string of the molecule is COc1ccc(Cl)cc1C(=O)N1CCN(c2nc3cc(N)ccc3o2)CC1. The standard InChI is InChI=1S/C19H19ClN4O3/c1-26-16-4-2-12(20)10-14(16)18(25)23-6-8-24(9-7-23)19-22-15-11-13(21)3-5-17(15)27-19/h2-5,10-11H,6-9,21H2,1H3. The van der Waals surface area contributed by atoms with Gasteiger partial charge in [0.2, 0.25) is 0 Å². The minimum Gasteiger partial charge on any atom is -0.496 e. The molecular formula is C19H19ClN4O3. The Morgan fingerprint density at radius 1 is 1.19 bits per heavy atom. The fraction of sp³-hybridized carbons (Fsp3) is 0.263. The van der Waals surface area contributed by atoms with Crippen LogP contribution in [-0.4, -0.2) is 49.1 Å². The van der Waals surface area contributed by atoms with Crippen molar-refractivity contribution < 1.29 is 13.9 Å². The third-order valence-corrected chi connectivity index (χ3v) is 4.86. The highest BCUT2D eigenvalue weighted by molar-refractivity contribution is 6.31. The van der Waals surface area contributed by atoms with Crippen LogP contribution in [0, 0.1) is 0 Å². The molecule has 1 aliphatic rings. The number of nitrogens with zero attached hydrogens (tertiary/aromatic N) is 3. The van der Waals surface area contributed by atoms with Crippen LogP contribution in [0.5, 0.6) is 5.75 Å². The number of fused-ring (bicyclic) bond motifs is 1. The van der Waals surface area contributed by atoms with Crippen LogP contribution < -0.4 is 15.4 Å². The molecule has 2 heterocycles. The summed E-state index contributed by atoms with van der Waals surface area (Å²) in [6.07, 6.45) is 0. The summed E-state index contributed by atoms with van der Waals surface area (Å²) in [6, 6.07) is 11.0. The fourth-order valence-electron chi connectivity index (χ4n) is 3.19. The molecule has 0 spiro atoms. The lowest BCUT2D eigenvalue weighted by molar-refractivity contribution is 0.0741. The van der Waals surface area contributed by atoms with Crippen molar-refractivity contribution in [3.8, 4) is 5.75 Å². The van der Waals surface area contributed by atoms with Crippen molar-refractivity contribution in [2.75, 3.05) is 43.9 Å². The molecule has 3 aromatic rings. The number of carbonyl (C=O) groups is 1. The second-order valence-corrected chi connectivity index (χ2v) is 6.78. The normalized spacial score (nSPS) is 14.6. The van der Waals surface area contributed by atoms with E-state index in [2.05, 4.69) is 4.98 Å². The van der Waals surface area contributed by atoms with E-state index in [9.17, 15) is 4.79 Å². The molecule has 1 fully saturated rings. The summed E-state index contributed by atoms with van der Waals surface area (Å²) in [4.78, 5) is 21.2. The predicted octanol–water partition coefficient (Wildman–Crippen LogP) is 3.03. The average Bonchev–Trinajstić information content (AvgIpc) is 3.10. The van der Waals surface area contributed by atoms with Crippen molar-refractivity contribution in [3.63, 3.8) is 0 Å². The van der Waals surface area contributed by atoms with Gasteiger partial charge in [-0.05, 0) is 36.4 Å². The van der Waals surface area contributed by atoms with E-state index in [1.165, 1.54) is 7.11 Å². The summed E-state index contributed by atoms with van der Waals surface area (Å²) >= 11 is 6.05. The molecular weight excluding hydrogens is 368 g/mol. The number of amides is 1. The monoisotopic (exact) mass is 386 g/mol. The highest BCUT2D eigenvalue weighted by Gasteiger charge is 2.26. The molecule has 2 aromatic carbocycles. The van der Waals surface area contributed by atoms with Crippen LogP contribution in [0.25, 0.3) is 11.1 Å². The number of oxazole rings is 1. The maximum Gasteiger partial charge on any atom is 0.298 e. The zero-order chi connectivity index (χ0) is 19.0. The first-order valence-electron chi connectivity index (χ1n) is 8.59. The van der Waals surface area contributed by atoms with Crippen LogP contribution in [0.2, 0.25) is 5.02 Å². The molecule has 0 unspecified atom stereocenters. The molecule has 1 aliphatic heterocycles. The summed E-state index contributed by atoms with van der Waals surface area (Å²) in [7, 11) is 1.54. The van der Waals surface area contributed by atoms with E-state index in [1.807, 2.05) is 11.0 Å². The van der Waals surface area contributed by atoms with E-state index in [0.717, 1.165) is 5.52 Å². The van der Waals surface area contributed by atoms with Crippen LogP contribution >= 0.6 is 11.6 Å². The maximum absolute atomic E-state index is 12.9. The second kappa shape index (κ2) is 7.00. The van der Waals surface area contributed by atoms with Crippen LogP contribution in [0.4, 0.5) is 11.7 Å². The Bertz CT molecular complexity index is 996. The van der Waals surface area contributed by atoms with Gasteiger partial charge in [-0.3, -0.25) is 4.79 Å². The molecule has 1 aromatic heterocycles. The number of halogens is 1. The van der Waals surface area contributed by atoms with Crippen molar-refractivity contribution in [2.24, 2.45) is 0 Å². The number of aromatic nitrogens is 1. The number of benzene rings is 2. The molecule has 1 saturated heterocycles. The highest BCUT2D eigenvalue weighted by atomic mass is 35.5. The molecule has 27 heavy (non-hydrogen) atoms. The van der Waals surface area contributed by atoms with Gasteiger partial charge in [-0.25, -0.2) is 0 Å². The van der Waals surface area contributed by atoms with Crippen molar-refractivity contribution in [3.05, 3.63) is 47.0 Å². The number of methoxy groups -OCH3 is 1. The van der Waals surface area contributed by atoms with E-state index in [-0.39, 0.29) is 5.91 Å². The number of anilines is 2. The molecule has 0 radical (unpaired) electrons. The summed E-state index contributed by atoms with van der Waals surface area (Å²) in [5.41, 5.74) is 8.33. The summed E-state index contributed by atoms with van der Waals surface area (Å²) in [5, 5.41) is 0.503. The van der Waals surface area contributed by atoms with Gasteiger partial charge in [0, 0.05) is 36.9 Å². The maximum atomic E-state index is 12.9. The van der Waals surface area contributed by atoms with Crippen molar-refractivity contribution in [1.82, 2.24) is 9.88 Å². The Morgan fingerprint density at radius 2 is 1.96 bits per heavy atom. The lowest BCUT2D eigenvalue weighted by Gasteiger charge is -2.34. The van der Waals surface area contributed by atoms with Gasteiger partial charge in [0.15, 0.2) is 5.58 Å². The van der Waals surface area contributed by atoms with Crippen molar-refractivity contribution >= 4 is 40.3 Å². The minimum absolute atomic E-state index is 0.0978. The highest BCUT2D eigenvalue weighted by Crippen LogP contribution is 2.27. The molecule has 4 rings (SSSR count). The largest absolute Gasteiger partial charge is 0.496 e. The molecule has 1 amide bonds. The Kier molecular flexibility index (Phi) is 4.53. The fourth-order valence-corrected chi connectivity index (χ4v) is 3.36. The number of rotatable bonds is 3. The minimum atomic E-state index is -0.0978. The van der Waals surface area contributed by atoms with Gasteiger partial charge in [-0.2, -0.15) is 4.98 Å². The quantitative estimate of drug-likeness (QED) is 0.696. The smallest absolute Gasteiger partial charge is 0.298 e. The van der Waals surface area contributed by atoms with Gasteiger partial charge < -0.3 is 24.7 Å². The van der Waals surface area contributed by atoms with Gasteiger partial charge in [0.25, 0.3) is 11.9 Å². The van der Waals surface area contributed by atoms with E-state index < -0.39 is 0 Å². The number of nitrogens with two attached hydrogens (primary N) is 1. The van der Waals surface area contributed by atoms with Crippen LogP contribution in [0.3, 0.4) is 0 Å². The second-order valence-electron chi connectivity index (χ2n) is 6.35. The first kappa shape index (κ1) is 17.5. The third kappa shape index (κ3) is 3.38. The van der Waals surface area contributed by atoms with Gasteiger partial charge >= 0.3 is 0 Å². The number of hydrogen-bond acceptors (Lipinski definition) is 6.